The molecule has 0 radical (unpaired) electrons. The molecular formula is C14H16Cl2N2O2. The summed E-state index contributed by atoms with van der Waals surface area (Å²) >= 11 is 11.9. The Morgan fingerprint density at radius 3 is 2.80 bits per heavy atom. The zero-order valence-corrected chi connectivity index (χ0v) is 12.7. The van der Waals surface area contributed by atoms with Crippen molar-refractivity contribution < 1.29 is 9.59 Å². The van der Waals surface area contributed by atoms with Gasteiger partial charge in [-0.2, -0.15) is 0 Å². The predicted molar refractivity (Wildman–Crippen MR) is 80.1 cm³/mol. The standard InChI is InChI=1S/C14H16Cl2N2O2/c1-9(19)18-6-2-3-10(8-18)14(20)17-13-7-11(15)4-5-12(13)16/h4-5,7,10H,2-3,6,8H2,1H3,(H,17,20). The second-order valence-corrected chi connectivity index (χ2v) is 5.76. The molecule has 1 saturated heterocycles. The van der Waals surface area contributed by atoms with E-state index in [4.69, 9.17) is 23.2 Å². The lowest BCUT2D eigenvalue weighted by Gasteiger charge is -2.31. The summed E-state index contributed by atoms with van der Waals surface area (Å²) < 4.78 is 0. The molecule has 1 atom stereocenters. The summed E-state index contributed by atoms with van der Waals surface area (Å²) in [6.45, 7) is 2.70. The van der Waals surface area contributed by atoms with Crippen LogP contribution >= 0.6 is 23.2 Å². The quantitative estimate of drug-likeness (QED) is 0.911. The molecule has 1 fully saturated rings. The van der Waals surface area contributed by atoms with Gasteiger partial charge in [0.25, 0.3) is 0 Å². The van der Waals surface area contributed by atoms with Crippen LogP contribution in [0.2, 0.25) is 10.0 Å². The zero-order chi connectivity index (χ0) is 14.7. The fourth-order valence-electron chi connectivity index (χ4n) is 2.31. The van der Waals surface area contributed by atoms with Crippen LogP contribution < -0.4 is 5.32 Å². The van der Waals surface area contributed by atoms with Crippen LogP contribution in [0.3, 0.4) is 0 Å². The molecular weight excluding hydrogens is 299 g/mol. The van der Waals surface area contributed by atoms with Crippen molar-refractivity contribution in [3.63, 3.8) is 0 Å². The first-order chi connectivity index (χ1) is 9.47. The highest BCUT2D eigenvalue weighted by Gasteiger charge is 2.27. The third kappa shape index (κ3) is 3.64. The average molecular weight is 315 g/mol. The van der Waals surface area contributed by atoms with E-state index in [1.165, 1.54) is 6.92 Å². The van der Waals surface area contributed by atoms with Crippen LogP contribution in [0.5, 0.6) is 0 Å². The Labute approximate surface area is 128 Å². The SMILES string of the molecule is CC(=O)N1CCCC(C(=O)Nc2cc(Cl)ccc2Cl)C1. The number of anilines is 1. The lowest BCUT2D eigenvalue weighted by molar-refractivity contribution is -0.132. The van der Waals surface area contributed by atoms with E-state index in [-0.39, 0.29) is 17.7 Å². The van der Waals surface area contributed by atoms with E-state index < -0.39 is 0 Å². The first-order valence-corrected chi connectivity index (χ1v) is 7.24. The van der Waals surface area contributed by atoms with Crippen molar-refractivity contribution in [2.45, 2.75) is 19.8 Å². The Balaban J connectivity index is 2.04. The third-order valence-electron chi connectivity index (χ3n) is 3.42. The molecule has 1 aromatic rings. The van der Waals surface area contributed by atoms with E-state index in [2.05, 4.69) is 5.32 Å². The van der Waals surface area contributed by atoms with Crippen LogP contribution in [0.15, 0.2) is 18.2 Å². The number of carbonyl (C=O) groups is 2. The van der Waals surface area contributed by atoms with Crippen molar-refractivity contribution in [1.82, 2.24) is 4.90 Å². The second kappa shape index (κ2) is 6.46. The third-order valence-corrected chi connectivity index (χ3v) is 3.99. The van der Waals surface area contributed by atoms with Crippen LogP contribution in [0.25, 0.3) is 0 Å². The molecule has 20 heavy (non-hydrogen) atoms. The zero-order valence-electron chi connectivity index (χ0n) is 11.2. The van der Waals surface area contributed by atoms with Crippen molar-refractivity contribution in [2.75, 3.05) is 18.4 Å². The summed E-state index contributed by atoms with van der Waals surface area (Å²) in [5.41, 5.74) is 0.504. The minimum Gasteiger partial charge on any atom is -0.342 e. The number of likely N-dealkylation sites (tertiary alicyclic amines) is 1. The highest BCUT2D eigenvalue weighted by Crippen LogP contribution is 2.27. The summed E-state index contributed by atoms with van der Waals surface area (Å²) in [6, 6.07) is 4.92. The van der Waals surface area contributed by atoms with E-state index in [1.807, 2.05) is 0 Å². The molecule has 0 saturated carbocycles. The minimum absolute atomic E-state index is 0.00304. The number of nitrogens with one attached hydrogen (secondary N) is 1. The van der Waals surface area contributed by atoms with Crippen molar-refractivity contribution >= 4 is 40.7 Å². The fourth-order valence-corrected chi connectivity index (χ4v) is 2.64. The smallest absolute Gasteiger partial charge is 0.229 e. The summed E-state index contributed by atoms with van der Waals surface area (Å²) in [6.07, 6.45) is 1.61. The van der Waals surface area contributed by atoms with Gasteiger partial charge >= 0.3 is 0 Å². The molecule has 2 amide bonds. The molecule has 0 aliphatic carbocycles. The van der Waals surface area contributed by atoms with Gasteiger partial charge in [0.15, 0.2) is 0 Å². The van der Waals surface area contributed by atoms with E-state index in [9.17, 15) is 9.59 Å². The number of piperidine rings is 1. The van der Waals surface area contributed by atoms with Crippen LogP contribution in [-0.4, -0.2) is 29.8 Å². The van der Waals surface area contributed by atoms with E-state index >= 15 is 0 Å². The van der Waals surface area contributed by atoms with E-state index in [1.54, 1.807) is 23.1 Å². The van der Waals surface area contributed by atoms with Crippen molar-refractivity contribution in [1.29, 1.82) is 0 Å². The van der Waals surface area contributed by atoms with Gasteiger partial charge in [0.2, 0.25) is 11.8 Å². The number of rotatable bonds is 2. The number of carbonyl (C=O) groups excluding carboxylic acids is 2. The summed E-state index contributed by atoms with van der Waals surface area (Å²) in [5.74, 6) is -0.328. The largest absolute Gasteiger partial charge is 0.342 e. The molecule has 6 heteroatoms. The topological polar surface area (TPSA) is 49.4 Å². The van der Waals surface area contributed by atoms with Crippen LogP contribution in [0.4, 0.5) is 5.69 Å². The molecule has 4 nitrogen and oxygen atoms in total. The van der Waals surface area contributed by atoms with Crippen LogP contribution in [0.1, 0.15) is 19.8 Å². The van der Waals surface area contributed by atoms with Gasteiger partial charge < -0.3 is 10.2 Å². The average Bonchev–Trinajstić information content (AvgIpc) is 2.43. The lowest BCUT2D eigenvalue weighted by atomic mass is 9.97. The molecule has 0 bridgehead atoms. The summed E-state index contributed by atoms with van der Waals surface area (Å²) in [4.78, 5) is 25.3. The van der Waals surface area contributed by atoms with Crippen molar-refractivity contribution in [2.24, 2.45) is 5.92 Å². The Hall–Kier alpha value is -1.26. The Bertz CT molecular complexity index is 534. The number of hydrogen-bond donors (Lipinski definition) is 1. The number of hydrogen-bond acceptors (Lipinski definition) is 2. The monoisotopic (exact) mass is 314 g/mol. The number of amides is 2. The van der Waals surface area contributed by atoms with Crippen LogP contribution in [-0.2, 0) is 9.59 Å². The molecule has 1 heterocycles. The van der Waals surface area contributed by atoms with Gasteiger partial charge in [-0.15, -0.1) is 0 Å². The van der Waals surface area contributed by atoms with Gasteiger partial charge in [0.1, 0.15) is 0 Å². The molecule has 2 rings (SSSR count). The first kappa shape index (κ1) is 15.1. The first-order valence-electron chi connectivity index (χ1n) is 6.49. The maximum Gasteiger partial charge on any atom is 0.229 e. The molecule has 1 aliphatic heterocycles. The summed E-state index contributed by atoms with van der Waals surface area (Å²) in [5, 5.41) is 3.75. The van der Waals surface area contributed by atoms with Gasteiger partial charge in [-0.25, -0.2) is 0 Å². The van der Waals surface area contributed by atoms with Gasteiger partial charge in [0, 0.05) is 25.0 Å². The Morgan fingerprint density at radius 2 is 2.10 bits per heavy atom. The number of halogens is 2. The Kier molecular flexibility index (Phi) is 4.89. The maximum absolute atomic E-state index is 12.2. The molecule has 0 spiro atoms. The molecule has 1 N–H and O–H groups in total. The fraction of sp³-hybridized carbons (Fsp3) is 0.429. The highest BCUT2D eigenvalue weighted by atomic mass is 35.5. The molecule has 1 aromatic carbocycles. The lowest BCUT2D eigenvalue weighted by Crippen LogP contribution is -2.42. The number of nitrogens with zero attached hydrogens (tertiary/aromatic N) is 1. The van der Waals surface area contributed by atoms with E-state index in [0.717, 1.165) is 19.4 Å². The normalized spacial score (nSPS) is 18.8. The van der Waals surface area contributed by atoms with Gasteiger partial charge in [-0.05, 0) is 31.0 Å². The van der Waals surface area contributed by atoms with Gasteiger partial charge in [-0.3, -0.25) is 9.59 Å². The molecule has 108 valence electrons. The van der Waals surface area contributed by atoms with Gasteiger partial charge in [0.05, 0.1) is 16.6 Å². The van der Waals surface area contributed by atoms with Crippen molar-refractivity contribution in [3.05, 3.63) is 28.2 Å². The maximum atomic E-state index is 12.2. The van der Waals surface area contributed by atoms with Gasteiger partial charge in [-0.1, -0.05) is 23.2 Å². The highest BCUT2D eigenvalue weighted by molar-refractivity contribution is 6.35. The number of benzene rings is 1. The molecule has 0 aromatic heterocycles. The minimum atomic E-state index is -0.206. The second-order valence-electron chi connectivity index (χ2n) is 4.92. The van der Waals surface area contributed by atoms with Crippen LogP contribution in [0, 0.1) is 5.92 Å². The van der Waals surface area contributed by atoms with E-state index in [0.29, 0.717) is 22.3 Å². The molecule has 1 aliphatic rings. The molecule has 1 unspecified atom stereocenters. The predicted octanol–water partition coefficient (Wildman–Crippen LogP) is 3.19. The Morgan fingerprint density at radius 1 is 1.35 bits per heavy atom. The van der Waals surface area contributed by atoms with Crippen molar-refractivity contribution in [3.8, 4) is 0 Å². The summed E-state index contributed by atoms with van der Waals surface area (Å²) in [7, 11) is 0.